The number of carbonyl (C=O) groups is 3. The summed E-state index contributed by atoms with van der Waals surface area (Å²) in [4.78, 5) is 58.6. The summed E-state index contributed by atoms with van der Waals surface area (Å²) in [7, 11) is -9.83. The number of hydrogen-bond donors (Lipinski definition) is 4. The summed E-state index contributed by atoms with van der Waals surface area (Å²) in [6.45, 7) is 2.20. The Balaban J connectivity index is 4.63. The van der Waals surface area contributed by atoms with E-state index in [1.807, 2.05) is 12.2 Å². The third-order valence-corrected chi connectivity index (χ3v) is 17.0. The van der Waals surface area contributed by atoms with E-state index < -0.39 is 91.5 Å². The van der Waals surface area contributed by atoms with Crippen LogP contribution in [0, 0.1) is 0 Å². The molecule has 0 rings (SSSR count). The van der Waals surface area contributed by atoms with Gasteiger partial charge >= 0.3 is 33.6 Å². The minimum atomic E-state index is -4.96. The Hall–Kier alpha value is -5.35. The molecule has 0 fully saturated rings. The van der Waals surface area contributed by atoms with Gasteiger partial charge in [0.2, 0.25) is 0 Å². The largest absolute Gasteiger partial charge is 0.472 e. The van der Waals surface area contributed by atoms with Crippen molar-refractivity contribution in [1.82, 2.24) is 0 Å². The van der Waals surface area contributed by atoms with Gasteiger partial charge in [-0.1, -0.05) is 280 Å². The fourth-order valence-electron chi connectivity index (χ4n) is 9.42. The monoisotopic (exact) mass is 1450 g/mol. The summed E-state index contributed by atoms with van der Waals surface area (Å²) in [5, 5.41) is 20.6. The number of aliphatic hydroxyl groups is 2. The SMILES string of the molecule is CC/C=C\C/C=C\C/C=C\C/C=C\C/C=C\CCCCCCCCCCCCCCCC(=O)OCC(O)COP(=O)(O)OCC(O)COP(=O)(O)OCC(COC(=O)CCCCC/C=C\C/C=C\C/C=C\C/C=C\C/C=C\CC)OC(=O)CCC/C=C\C/C=C\C/C=C\C/C=C\C/C=C\CC. The van der Waals surface area contributed by atoms with Gasteiger partial charge in [-0.05, 0) is 148 Å². The average molecular weight is 1450 g/mol. The van der Waals surface area contributed by atoms with Crippen LogP contribution in [0.4, 0.5) is 0 Å². The number of hydrogen-bond acceptors (Lipinski definition) is 14. The fraction of sp³-hybridized carbons (Fsp3) is 0.602. The molecule has 5 atom stereocenters. The standard InChI is InChI=1S/C83H134O16P2/c1-4-7-10-13-16-19-22-25-28-31-33-34-35-36-37-38-39-40-41-42-44-47-48-51-54-57-60-63-66-69-81(86)93-72-78(84)73-95-100(89,90)96-74-79(85)75-97-101(91,92)98-77-80(99-83(88)71-68-65-62-59-56-53-50-45-30-27-24-21-18-15-12-9-6-3)76-94-82(87)70-67-64-61-58-55-52-49-46-43-32-29-26-23-20-17-14-11-8-5-2/h7-12,16-21,25-30,33-34,36-37,43,46,50,52-53,55,59,62,78-80,84-85H,4-6,13-15,22-24,31-32,35,38-42,44-45,47-49,51,54,56-58,60-61,63-77H2,1-3H3,(H,89,90)(H,91,92)/b10-7-,11-8-,12-9-,19-16-,20-17-,21-18-,28-25-,29-26-,30-27-,34-33-,37-36-,46-43-,53-50-,55-52-,62-59-. The van der Waals surface area contributed by atoms with Crippen molar-refractivity contribution >= 4 is 33.6 Å². The first-order chi connectivity index (χ1) is 49.2. The van der Waals surface area contributed by atoms with Crippen LogP contribution in [0.25, 0.3) is 0 Å². The van der Waals surface area contributed by atoms with Crippen LogP contribution in [0.15, 0.2) is 182 Å². The van der Waals surface area contributed by atoms with Crippen molar-refractivity contribution in [3.05, 3.63) is 182 Å². The smallest absolute Gasteiger partial charge is 0.463 e. The van der Waals surface area contributed by atoms with Crippen LogP contribution >= 0.6 is 15.6 Å². The predicted molar refractivity (Wildman–Crippen MR) is 417 cm³/mol. The maximum atomic E-state index is 12.9. The normalized spacial score (nSPS) is 15.0. The summed E-state index contributed by atoms with van der Waals surface area (Å²) in [5.74, 6) is -1.70. The number of phosphoric acid groups is 2. The lowest BCUT2D eigenvalue weighted by atomic mass is 10.0. The molecule has 0 radical (unpaired) electrons. The molecule has 0 amide bonds. The third kappa shape index (κ3) is 75.6. The van der Waals surface area contributed by atoms with Crippen LogP contribution in [0.3, 0.4) is 0 Å². The molecule has 0 saturated carbocycles. The maximum Gasteiger partial charge on any atom is 0.472 e. The number of allylic oxidation sites excluding steroid dienone is 30. The molecule has 16 nitrogen and oxygen atoms in total. The lowest BCUT2D eigenvalue weighted by Crippen LogP contribution is -2.30. The van der Waals surface area contributed by atoms with E-state index in [4.69, 9.17) is 32.3 Å². The Morgan fingerprint density at radius 3 is 0.822 bits per heavy atom. The van der Waals surface area contributed by atoms with Crippen LogP contribution in [-0.4, -0.2) is 95.9 Å². The highest BCUT2D eigenvalue weighted by molar-refractivity contribution is 7.47. The second-order valence-electron chi connectivity index (χ2n) is 24.7. The van der Waals surface area contributed by atoms with Gasteiger partial charge in [-0.2, -0.15) is 0 Å². The highest BCUT2D eigenvalue weighted by Gasteiger charge is 2.29. The Morgan fingerprint density at radius 2 is 0.505 bits per heavy atom. The minimum Gasteiger partial charge on any atom is -0.463 e. The zero-order valence-corrected chi connectivity index (χ0v) is 64.0. The van der Waals surface area contributed by atoms with Gasteiger partial charge in [-0.25, -0.2) is 9.13 Å². The molecule has 4 N–H and O–H groups in total. The van der Waals surface area contributed by atoms with Gasteiger partial charge in [0.1, 0.15) is 25.4 Å². The number of unbranched alkanes of at least 4 members (excludes halogenated alkanes) is 17. The van der Waals surface area contributed by atoms with Gasteiger partial charge < -0.3 is 34.2 Å². The Labute approximate surface area is 611 Å². The molecule has 18 heteroatoms. The fourth-order valence-corrected chi connectivity index (χ4v) is 11.0. The van der Waals surface area contributed by atoms with Gasteiger partial charge in [0.25, 0.3) is 0 Å². The van der Waals surface area contributed by atoms with Crippen molar-refractivity contribution in [2.75, 3.05) is 39.6 Å². The molecule has 101 heavy (non-hydrogen) atoms. The summed E-state index contributed by atoms with van der Waals surface area (Å²) >= 11 is 0. The van der Waals surface area contributed by atoms with Crippen molar-refractivity contribution < 1.29 is 75.8 Å². The molecule has 0 bridgehead atoms. The minimum absolute atomic E-state index is 0.0116. The van der Waals surface area contributed by atoms with Gasteiger partial charge in [-0.15, -0.1) is 0 Å². The van der Waals surface area contributed by atoms with Crippen molar-refractivity contribution in [3.63, 3.8) is 0 Å². The first-order valence-electron chi connectivity index (χ1n) is 38.1. The van der Waals surface area contributed by atoms with Gasteiger partial charge in [0.15, 0.2) is 6.10 Å². The van der Waals surface area contributed by atoms with Gasteiger partial charge in [-0.3, -0.25) is 32.5 Å². The highest BCUT2D eigenvalue weighted by Crippen LogP contribution is 2.45. The quantitative estimate of drug-likeness (QED) is 0.0146. The van der Waals surface area contributed by atoms with Crippen LogP contribution in [-0.2, 0) is 55.8 Å². The Kier molecular flexibility index (Phi) is 70.4. The second-order valence-corrected chi connectivity index (χ2v) is 27.6. The van der Waals surface area contributed by atoms with Crippen LogP contribution < -0.4 is 0 Å². The number of ether oxygens (including phenoxy) is 3. The van der Waals surface area contributed by atoms with Crippen LogP contribution in [0.2, 0.25) is 0 Å². The zero-order valence-electron chi connectivity index (χ0n) is 62.2. The van der Waals surface area contributed by atoms with Crippen LogP contribution in [0.5, 0.6) is 0 Å². The number of aliphatic hydroxyl groups excluding tert-OH is 2. The van der Waals surface area contributed by atoms with Crippen molar-refractivity contribution in [3.8, 4) is 0 Å². The molecular weight excluding hydrogens is 1310 g/mol. The molecule has 572 valence electrons. The summed E-state index contributed by atoms with van der Waals surface area (Å²) in [6, 6.07) is 0. The van der Waals surface area contributed by atoms with Gasteiger partial charge in [0, 0.05) is 19.3 Å². The molecule has 0 aromatic rings. The molecule has 5 unspecified atom stereocenters. The molecular formula is C83H134O16P2. The number of rotatable bonds is 70. The van der Waals surface area contributed by atoms with E-state index in [1.54, 1.807) is 0 Å². The molecule has 0 heterocycles. The zero-order chi connectivity index (χ0) is 73.7. The highest BCUT2D eigenvalue weighted by atomic mass is 31.2. The summed E-state index contributed by atoms with van der Waals surface area (Å²) < 4.78 is 61.0. The summed E-state index contributed by atoms with van der Waals surface area (Å²) in [6.07, 6.45) is 95.3. The summed E-state index contributed by atoms with van der Waals surface area (Å²) in [5.41, 5.74) is 0. The van der Waals surface area contributed by atoms with E-state index in [2.05, 4.69) is 191 Å². The predicted octanol–water partition coefficient (Wildman–Crippen LogP) is 22.2. The molecule has 0 aliphatic rings. The van der Waals surface area contributed by atoms with E-state index in [0.717, 1.165) is 141 Å². The Bertz CT molecular complexity index is 2570. The number of carbonyl (C=O) groups excluding carboxylic acids is 3. The van der Waals surface area contributed by atoms with E-state index in [9.17, 15) is 43.5 Å². The Morgan fingerprint density at radius 1 is 0.277 bits per heavy atom. The van der Waals surface area contributed by atoms with Gasteiger partial charge in [0.05, 0.1) is 26.4 Å². The molecule has 0 aliphatic heterocycles. The topological polar surface area (TPSA) is 231 Å². The van der Waals surface area contributed by atoms with Crippen molar-refractivity contribution in [2.24, 2.45) is 0 Å². The van der Waals surface area contributed by atoms with E-state index in [-0.39, 0.29) is 19.3 Å². The van der Waals surface area contributed by atoms with E-state index in [1.165, 1.54) is 57.8 Å². The molecule has 0 aliphatic carbocycles. The number of esters is 3. The third-order valence-electron chi connectivity index (χ3n) is 15.1. The lowest BCUT2D eigenvalue weighted by molar-refractivity contribution is -0.161. The molecule has 0 aromatic heterocycles. The first kappa shape index (κ1) is 95.6. The van der Waals surface area contributed by atoms with E-state index in [0.29, 0.717) is 25.7 Å². The molecule has 0 aromatic carbocycles. The van der Waals surface area contributed by atoms with E-state index >= 15 is 0 Å². The second kappa shape index (κ2) is 74.4. The van der Waals surface area contributed by atoms with Crippen LogP contribution in [0.1, 0.15) is 265 Å². The molecule has 0 saturated heterocycles. The van der Waals surface area contributed by atoms with Crippen molar-refractivity contribution in [1.29, 1.82) is 0 Å². The van der Waals surface area contributed by atoms with Crippen molar-refractivity contribution in [2.45, 2.75) is 283 Å². The lowest BCUT2D eigenvalue weighted by Gasteiger charge is -2.21. The molecule has 0 spiro atoms. The maximum absolute atomic E-state index is 12.9. The average Bonchev–Trinajstić information content (AvgIpc) is 1.06. The first-order valence-corrected chi connectivity index (χ1v) is 41.1. The number of phosphoric ester groups is 2.